The standard InChI is InChI=1S/C20H16BrNO/c1-23-19-14-17(21)12-13-18(19)22-20(15-8-4-2-5-9-15)16-10-6-3-7-11-16/h2-14H,1H3. The van der Waals surface area contributed by atoms with Gasteiger partial charge in [-0.1, -0.05) is 76.6 Å². The highest BCUT2D eigenvalue weighted by Crippen LogP contribution is 2.31. The predicted octanol–water partition coefficient (Wildman–Crippen LogP) is 5.63. The molecule has 0 aliphatic carbocycles. The third-order valence-electron chi connectivity index (χ3n) is 3.47. The summed E-state index contributed by atoms with van der Waals surface area (Å²) in [5.74, 6) is 0.740. The van der Waals surface area contributed by atoms with Crippen LogP contribution in [0, 0.1) is 0 Å². The van der Waals surface area contributed by atoms with E-state index in [1.165, 1.54) is 0 Å². The summed E-state index contributed by atoms with van der Waals surface area (Å²) >= 11 is 3.46. The Morgan fingerprint density at radius 1 is 0.826 bits per heavy atom. The van der Waals surface area contributed by atoms with Crippen molar-refractivity contribution in [1.29, 1.82) is 0 Å². The van der Waals surface area contributed by atoms with Gasteiger partial charge in [0, 0.05) is 15.6 Å². The van der Waals surface area contributed by atoms with E-state index in [1.54, 1.807) is 7.11 Å². The molecule has 0 spiro atoms. The highest BCUT2D eigenvalue weighted by Gasteiger charge is 2.09. The topological polar surface area (TPSA) is 21.6 Å². The first-order chi connectivity index (χ1) is 11.3. The molecule has 3 heteroatoms. The van der Waals surface area contributed by atoms with Crippen LogP contribution in [0.5, 0.6) is 5.75 Å². The van der Waals surface area contributed by atoms with E-state index in [2.05, 4.69) is 40.2 Å². The molecule has 0 saturated carbocycles. The van der Waals surface area contributed by atoms with Crippen LogP contribution >= 0.6 is 15.9 Å². The summed E-state index contributed by atoms with van der Waals surface area (Å²) in [6.07, 6.45) is 0. The van der Waals surface area contributed by atoms with Crippen LogP contribution in [-0.4, -0.2) is 12.8 Å². The summed E-state index contributed by atoms with van der Waals surface area (Å²) in [6.45, 7) is 0. The van der Waals surface area contributed by atoms with Crippen LogP contribution in [-0.2, 0) is 0 Å². The van der Waals surface area contributed by atoms with Crippen LogP contribution in [0.1, 0.15) is 11.1 Å². The van der Waals surface area contributed by atoms with Crippen molar-refractivity contribution in [2.45, 2.75) is 0 Å². The Kier molecular flexibility index (Phi) is 4.89. The van der Waals surface area contributed by atoms with E-state index in [4.69, 9.17) is 9.73 Å². The first-order valence-electron chi connectivity index (χ1n) is 7.31. The SMILES string of the molecule is COc1cc(Br)ccc1N=C(c1ccccc1)c1ccccc1. The van der Waals surface area contributed by atoms with Gasteiger partial charge in [0.25, 0.3) is 0 Å². The Morgan fingerprint density at radius 2 is 1.39 bits per heavy atom. The number of hydrogen-bond acceptors (Lipinski definition) is 2. The van der Waals surface area contributed by atoms with Gasteiger partial charge in [-0.15, -0.1) is 0 Å². The molecule has 114 valence electrons. The molecule has 0 unspecified atom stereocenters. The number of methoxy groups -OCH3 is 1. The molecule has 0 radical (unpaired) electrons. The van der Waals surface area contributed by atoms with Gasteiger partial charge in [-0.25, -0.2) is 4.99 Å². The van der Waals surface area contributed by atoms with Gasteiger partial charge in [0.1, 0.15) is 11.4 Å². The average Bonchev–Trinajstić information content (AvgIpc) is 2.62. The Bertz CT molecular complexity index is 772. The molecule has 2 nitrogen and oxygen atoms in total. The van der Waals surface area contributed by atoms with Gasteiger partial charge >= 0.3 is 0 Å². The van der Waals surface area contributed by atoms with Gasteiger partial charge in [0.15, 0.2) is 0 Å². The minimum absolute atomic E-state index is 0.740. The molecule has 0 heterocycles. The summed E-state index contributed by atoms with van der Waals surface area (Å²) in [4.78, 5) is 4.88. The van der Waals surface area contributed by atoms with E-state index >= 15 is 0 Å². The molecule has 0 aromatic heterocycles. The molecule has 0 aliphatic rings. The Morgan fingerprint density at radius 3 is 1.91 bits per heavy atom. The van der Waals surface area contributed by atoms with Crippen LogP contribution in [0.2, 0.25) is 0 Å². The highest BCUT2D eigenvalue weighted by molar-refractivity contribution is 9.10. The van der Waals surface area contributed by atoms with Gasteiger partial charge in [-0.2, -0.15) is 0 Å². The molecular formula is C20H16BrNO. The number of rotatable bonds is 4. The Balaban J connectivity index is 2.16. The fourth-order valence-electron chi connectivity index (χ4n) is 2.35. The maximum atomic E-state index is 5.46. The highest BCUT2D eigenvalue weighted by atomic mass is 79.9. The van der Waals surface area contributed by atoms with Crippen molar-refractivity contribution in [1.82, 2.24) is 0 Å². The molecule has 0 aliphatic heterocycles. The smallest absolute Gasteiger partial charge is 0.145 e. The van der Waals surface area contributed by atoms with Crippen LogP contribution in [0.4, 0.5) is 5.69 Å². The summed E-state index contributed by atoms with van der Waals surface area (Å²) in [7, 11) is 1.66. The number of halogens is 1. The maximum Gasteiger partial charge on any atom is 0.145 e. The lowest BCUT2D eigenvalue weighted by Gasteiger charge is -2.10. The molecule has 0 saturated heterocycles. The second-order valence-corrected chi connectivity index (χ2v) is 5.92. The molecule has 3 aromatic rings. The van der Waals surface area contributed by atoms with E-state index in [0.29, 0.717) is 0 Å². The fraction of sp³-hybridized carbons (Fsp3) is 0.0500. The normalized spacial score (nSPS) is 10.2. The van der Waals surface area contributed by atoms with Crippen molar-refractivity contribution in [2.75, 3.05) is 7.11 Å². The van der Waals surface area contributed by atoms with Crippen molar-refractivity contribution in [2.24, 2.45) is 4.99 Å². The largest absolute Gasteiger partial charge is 0.494 e. The summed E-state index contributed by atoms with van der Waals surface area (Å²) < 4.78 is 6.43. The van der Waals surface area contributed by atoms with E-state index in [-0.39, 0.29) is 0 Å². The lowest BCUT2D eigenvalue weighted by atomic mass is 10.0. The Hall–Kier alpha value is -2.39. The number of ether oxygens (including phenoxy) is 1. The number of aliphatic imine (C=N–C) groups is 1. The first kappa shape index (κ1) is 15.5. The summed E-state index contributed by atoms with van der Waals surface area (Å²) in [5, 5.41) is 0. The number of nitrogens with zero attached hydrogens (tertiary/aromatic N) is 1. The monoisotopic (exact) mass is 365 g/mol. The summed E-state index contributed by atoms with van der Waals surface area (Å²) in [6, 6.07) is 26.2. The van der Waals surface area contributed by atoms with Crippen LogP contribution in [0.15, 0.2) is 88.3 Å². The lowest BCUT2D eigenvalue weighted by molar-refractivity contribution is 0.416. The molecule has 0 N–H and O–H groups in total. The van der Waals surface area contributed by atoms with Gasteiger partial charge < -0.3 is 4.74 Å². The molecule has 0 atom stereocenters. The van der Waals surface area contributed by atoms with Crippen molar-refractivity contribution in [3.8, 4) is 5.75 Å². The molecular weight excluding hydrogens is 350 g/mol. The molecule has 23 heavy (non-hydrogen) atoms. The van der Waals surface area contributed by atoms with Gasteiger partial charge in [-0.05, 0) is 18.2 Å². The summed E-state index contributed by atoms with van der Waals surface area (Å²) in [5.41, 5.74) is 3.87. The second-order valence-electron chi connectivity index (χ2n) is 5.01. The third kappa shape index (κ3) is 3.69. The van der Waals surface area contributed by atoms with E-state index in [1.807, 2.05) is 54.6 Å². The fourth-order valence-corrected chi connectivity index (χ4v) is 2.69. The zero-order valence-corrected chi connectivity index (χ0v) is 14.3. The van der Waals surface area contributed by atoms with Crippen LogP contribution in [0.3, 0.4) is 0 Å². The van der Waals surface area contributed by atoms with E-state index in [0.717, 1.165) is 32.7 Å². The minimum Gasteiger partial charge on any atom is -0.494 e. The average molecular weight is 366 g/mol. The Labute approximate surface area is 144 Å². The van der Waals surface area contributed by atoms with E-state index < -0.39 is 0 Å². The van der Waals surface area contributed by atoms with Crippen molar-refractivity contribution in [3.63, 3.8) is 0 Å². The molecule has 3 aromatic carbocycles. The first-order valence-corrected chi connectivity index (χ1v) is 8.10. The molecule has 3 rings (SSSR count). The zero-order valence-electron chi connectivity index (χ0n) is 12.7. The van der Waals surface area contributed by atoms with Gasteiger partial charge in [0.05, 0.1) is 12.8 Å². The van der Waals surface area contributed by atoms with E-state index in [9.17, 15) is 0 Å². The number of hydrogen-bond donors (Lipinski definition) is 0. The lowest BCUT2D eigenvalue weighted by Crippen LogP contribution is -2.02. The molecule has 0 fully saturated rings. The van der Waals surface area contributed by atoms with Crippen LogP contribution in [0.25, 0.3) is 0 Å². The number of benzene rings is 3. The van der Waals surface area contributed by atoms with Gasteiger partial charge in [0.2, 0.25) is 0 Å². The maximum absolute atomic E-state index is 5.46. The van der Waals surface area contributed by atoms with Crippen LogP contribution < -0.4 is 4.74 Å². The third-order valence-corrected chi connectivity index (χ3v) is 3.96. The van der Waals surface area contributed by atoms with Crippen molar-refractivity contribution in [3.05, 3.63) is 94.5 Å². The molecule has 0 amide bonds. The van der Waals surface area contributed by atoms with Crippen molar-refractivity contribution >= 4 is 27.3 Å². The second kappa shape index (κ2) is 7.25. The van der Waals surface area contributed by atoms with Crippen molar-refractivity contribution < 1.29 is 4.74 Å². The minimum atomic E-state index is 0.740. The molecule has 0 bridgehead atoms. The predicted molar refractivity (Wildman–Crippen MR) is 98.9 cm³/mol. The van der Waals surface area contributed by atoms with Gasteiger partial charge in [-0.3, -0.25) is 0 Å². The zero-order chi connectivity index (χ0) is 16.1. The quantitative estimate of drug-likeness (QED) is 0.549.